The van der Waals surface area contributed by atoms with E-state index in [4.69, 9.17) is 4.74 Å². The molecule has 2 heterocycles. The predicted octanol–water partition coefficient (Wildman–Crippen LogP) is 2.61. The summed E-state index contributed by atoms with van der Waals surface area (Å²) in [6.45, 7) is 8.30. The zero-order valence-electron chi connectivity index (χ0n) is 12.9. The molecule has 1 aromatic rings. The van der Waals surface area contributed by atoms with Crippen LogP contribution in [0.4, 0.5) is 5.82 Å². The lowest BCUT2D eigenvalue weighted by Crippen LogP contribution is -2.37. The van der Waals surface area contributed by atoms with E-state index in [0.717, 1.165) is 32.1 Å². The van der Waals surface area contributed by atoms with Crippen LogP contribution in [-0.4, -0.2) is 38.3 Å². The van der Waals surface area contributed by atoms with Crippen LogP contribution < -0.4 is 10.2 Å². The lowest BCUT2D eigenvalue weighted by molar-refractivity contribution is 0.143. The monoisotopic (exact) mass is 277 g/mol. The summed E-state index contributed by atoms with van der Waals surface area (Å²) < 4.78 is 5.29. The molecule has 0 bridgehead atoms. The van der Waals surface area contributed by atoms with Gasteiger partial charge in [0.1, 0.15) is 5.82 Å². The summed E-state index contributed by atoms with van der Waals surface area (Å²) in [5.41, 5.74) is 1.25. The Morgan fingerprint density at radius 1 is 1.50 bits per heavy atom. The predicted molar refractivity (Wildman–Crippen MR) is 83.1 cm³/mol. The van der Waals surface area contributed by atoms with E-state index in [1.165, 1.54) is 18.4 Å². The van der Waals surface area contributed by atoms with Gasteiger partial charge in [0.25, 0.3) is 0 Å². The van der Waals surface area contributed by atoms with Crippen molar-refractivity contribution in [1.82, 2.24) is 10.3 Å². The summed E-state index contributed by atoms with van der Waals surface area (Å²) in [4.78, 5) is 7.03. The van der Waals surface area contributed by atoms with Crippen molar-refractivity contribution < 1.29 is 4.74 Å². The summed E-state index contributed by atoms with van der Waals surface area (Å²) in [7, 11) is 1.79. The largest absolute Gasteiger partial charge is 0.384 e. The third-order valence-electron chi connectivity index (χ3n) is 4.03. The zero-order valence-corrected chi connectivity index (χ0v) is 12.9. The van der Waals surface area contributed by atoms with E-state index in [9.17, 15) is 0 Å². The van der Waals surface area contributed by atoms with Gasteiger partial charge in [-0.05, 0) is 43.9 Å². The lowest BCUT2D eigenvalue weighted by atomic mass is 9.99. The van der Waals surface area contributed by atoms with Crippen LogP contribution in [0.25, 0.3) is 0 Å². The molecule has 1 saturated heterocycles. The minimum atomic E-state index is 0.365. The molecule has 4 nitrogen and oxygen atoms in total. The van der Waals surface area contributed by atoms with Crippen molar-refractivity contribution in [3.63, 3.8) is 0 Å². The van der Waals surface area contributed by atoms with Gasteiger partial charge in [-0.3, -0.25) is 0 Å². The van der Waals surface area contributed by atoms with Crippen LogP contribution in [0.5, 0.6) is 0 Å². The number of ether oxygens (including phenoxy) is 1. The number of piperidine rings is 1. The topological polar surface area (TPSA) is 37.4 Å². The quantitative estimate of drug-likeness (QED) is 0.867. The molecule has 0 spiro atoms. The van der Waals surface area contributed by atoms with Crippen LogP contribution in [0.3, 0.4) is 0 Å². The molecule has 1 aliphatic rings. The average Bonchev–Trinajstić information content (AvgIpc) is 2.48. The second kappa shape index (κ2) is 7.60. The summed E-state index contributed by atoms with van der Waals surface area (Å²) in [5.74, 6) is 1.73. The molecule has 0 saturated carbocycles. The summed E-state index contributed by atoms with van der Waals surface area (Å²) >= 11 is 0. The Hall–Kier alpha value is -1.13. The average molecular weight is 277 g/mol. The second-order valence-corrected chi connectivity index (χ2v) is 5.64. The highest BCUT2D eigenvalue weighted by atomic mass is 16.5. The fourth-order valence-corrected chi connectivity index (χ4v) is 2.91. The van der Waals surface area contributed by atoms with Crippen LogP contribution in [-0.2, 0) is 4.74 Å². The first-order valence-corrected chi connectivity index (χ1v) is 7.67. The number of hydrogen-bond donors (Lipinski definition) is 1. The van der Waals surface area contributed by atoms with Crippen LogP contribution in [0.1, 0.15) is 38.3 Å². The number of rotatable bonds is 6. The first-order valence-electron chi connectivity index (χ1n) is 7.67. The Bertz CT molecular complexity index is 391. The zero-order chi connectivity index (χ0) is 14.4. The maximum absolute atomic E-state index is 5.29. The minimum Gasteiger partial charge on any atom is -0.384 e. The molecule has 112 valence electrons. The van der Waals surface area contributed by atoms with Gasteiger partial charge in [0.15, 0.2) is 0 Å². The molecule has 1 aromatic heterocycles. The molecule has 0 aliphatic carbocycles. The molecule has 1 fully saturated rings. The van der Waals surface area contributed by atoms with Crippen molar-refractivity contribution in [3.8, 4) is 0 Å². The van der Waals surface area contributed by atoms with Gasteiger partial charge in [0.2, 0.25) is 0 Å². The summed E-state index contributed by atoms with van der Waals surface area (Å²) in [5, 5.41) is 3.41. The highest BCUT2D eigenvalue weighted by Crippen LogP contribution is 2.22. The van der Waals surface area contributed by atoms with Crippen LogP contribution in [0.2, 0.25) is 0 Å². The molecule has 2 atom stereocenters. The standard InChI is InChI=1S/C16H27N3O/c1-4-17-13(2)15-7-8-16(18-10-15)19-9-5-6-14(11-19)12-20-3/h7-8,10,13-14,17H,4-6,9,11-12H2,1-3H3. The smallest absolute Gasteiger partial charge is 0.128 e. The highest BCUT2D eigenvalue weighted by Gasteiger charge is 2.20. The van der Waals surface area contributed by atoms with Crippen molar-refractivity contribution in [3.05, 3.63) is 23.9 Å². The van der Waals surface area contributed by atoms with E-state index in [2.05, 4.69) is 41.2 Å². The van der Waals surface area contributed by atoms with E-state index >= 15 is 0 Å². The molecule has 1 aliphatic heterocycles. The van der Waals surface area contributed by atoms with Crippen molar-refractivity contribution in [2.45, 2.75) is 32.7 Å². The van der Waals surface area contributed by atoms with E-state index in [1.54, 1.807) is 7.11 Å². The van der Waals surface area contributed by atoms with Crippen molar-refractivity contribution in [2.75, 3.05) is 38.3 Å². The first kappa shape index (κ1) is 15.3. The van der Waals surface area contributed by atoms with Gasteiger partial charge in [0.05, 0.1) is 6.61 Å². The molecule has 1 N–H and O–H groups in total. The molecule has 0 amide bonds. The Kier molecular flexibility index (Phi) is 5.80. The first-order chi connectivity index (χ1) is 9.74. The van der Waals surface area contributed by atoms with E-state index < -0.39 is 0 Å². The van der Waals surface area contributed by atoms with Gasteiger partial charge in [-0.1, -0.05) is 13.0 Å². The van der Waals surface area contributed by atoms with Gasteiger partial charge >= 0.3 is 0 Å². The molecular formula is C16H27N3O. The Balaban J connectivity index is 1.98. The summed E-state index contributed by atoms with van der Waals surface area (Å²) in [6.07, 6.45) is 4.49. The fraction of sp³-hybridized carbons (Fsp3) is 0.688. The van der Waals surface area contributed by atoms with Crippen LogP contribution in [0.15, 0.2) is 18.3 Å². The number of methoxy groups -OCH3 is 1. The Morgan fingerprint density at radius 2 is 2.35 bits per heavy atom. The summed E-state index contributed by atoms with van der Waals surface area (Å²) in [6, 6.07) is 4.71. The molecule has 0 aromatic carbocycles. The normalized spacial score (nSPS) is 20.9. The van der Waals surface area contributed by atoms with E-state index in [1.807, 2.05) is 6.20 Å². The molecule has 2 rings (SSSR count). The molecular weight excluding hydrogens is 250 g/mol. The van der Waals surface area contributed by atoms with Crippen LogP contribution in [0, 0.1) is 5.92 Å². The lowest BCUT2D eigenvalue weighted by Gasteiger charge is -2.33. The van der Waals surface area contributed by atoms with E-state index in [-0.39, 0.29) is 0 Å². The van der Waals surface area contributed by atoms with Gasteiger partial charge in [-0.15, -0.1) is 0 Å². The SMILES string of the molecule is CCNC(C)c1ccc(N2CCCC(COC)C2)nc1. The maximum atomic E-state index is 5.29. The van der Waals surface area contributed by atoms with E-state index in [0.29, 0.717) is 12.0 Å². The maximum Gasteiger partial charge on any atom is 0.128 e. The number of hydrogen-bond acceptors (Lipinski definition) is 4. The molecule has 2 unspecified atom stereocenters. The second-order valence-electron chi connectivity index (χ2n) is 5.64. The molecule has 0 radical (unpaired) electrons. The van der Waals surface area contributed by atoms with Gasteiger partial charge in [0, 0.05) is 32.4 Å². The molecule has 20 heavy (non-hydrogen) atoms. The number of pyridine rings is 1. The number of anilines is 1. The van der Waals surface area contributed by atoms with Crippen molar-refractivity contribution >= 4 is 5.82 Å². The fourth-order valence-electron chi connectivity index (χ4n) is 2.91. The van der Waals surface area contributed by atoms with Gasteiger partial charge < -0.3 is 15.0 Å². The highest BCUT2D eigenvalue weighted by molar-refractivity contribution is 5.40. The van der Waals surface area contributed by atoms with Gasteiger partial charge in [-0.2, -0.15) is 0 Å². The van der Waals surface area contributed by atoms with Gasteiger partial charge in [-0.25, -0.2) is 4.98 Å². The Morgan fingerprint density at radius 3 is 3.00 bits per heavy atom. The third-order valence-corrected chi connectivity index (χ3v) is 4.03. The molecule has 4 heteroatoms. The van der Waals surface area contributed by atoms with Crippen molar-refractivity contribution in [2.24, 2.45) is 5.92 Å². The number of aromatic nitrogens is 1. The number of nitrogens with one attached hydrogen (secondary N) is 1. The van der Waals surface area contributed by atoms with Crippen molar-refractivity contribution in [1.29, 1.82) is 0 Å². The third kappa shape index (κ3) is 3.93. The number of nitrogens with zero attached hydrogens (tertiary/aromatic N) is 2. The van der Waals surface area contributed by atoms with Crippen LogP contribution >= 0.6 is 0 Å². The minimum absolute atomic E-state index is 0.365. The Labute approximate surface area is 122 Å².